The maximum absolute atomic E-state index is 11.2. The van der Waals surface area contributed by atoms with Crippen molar-refractivity contribution >= 4 is 17.3 Å². The maximum atomic E-state index is 11.2. The van der Waals surface area contributed by atoms with Crippen LogP contribution in [0.5, 0.6) is 0 Å². The fraction of sp³-hybridized carbons (Fsp3) is 0.545. The van der Waals surface area contributed by atoms with Crippen LogP contribution in [0.15, 0.2) is 17.5 Å². The highest BCUT2D eigenvalue weighted by atomic mass is 32.1. The Morgan fingerprint density at radius 1 is 1.75 bits per heavy atom. The first-order chi connectivity index (χ1) is 7.70. The minimum absolute atomic E-state index is 0.184. The van der Waals surface area contributed by atoms with Crippen molar-refractivity contribution < 1.29 is 9.90 Å². The molecule has 0 spiro atoms. The van der Waals surface area contributed by atoms with E-state index in [0.29, 0.717) is 6.54 Å². The molecule has 0 radical (unpaired) electrons. The summed E-state index contributed by atoms with van der Waals surface area (Å²) in [7, 11) is 0. The smallest absolute Gasteiger partial charge is 0.322 e. The molecular formula is C11H16N2O2S. The average Bonchev–Trinajstić information content (AvgIpc) is 2.81. The van der Waals surface area contributed by atoms with Gasteiger partial charge in [0.25, 0.3) is 0 Å². The number of piperazine rings is 1. The number of carboxylic acids is 1. The number of nitrogens with zero attached hydrogens (tertiary/aromatic N) is 1. The van der Waals surface area contributed by atoms with Gasteiger partial charge in [0.2, 0.25) is 0 Å². The number of hydrogen-bond acceptors (Lipinski definition) is 4. The molecule has 2 heterocycles. The van der Waals surface area contributed by atoms with Crippen molar-refractivity contribution in [1.82, 2.24) is 10.2 Å². The summed E-state index contributed by atoms with van der Waals surface area (Å²) in [6, 6.07) is 3.85. The van der Waals surface area contributed by atoms with E-state index in [1.807, 2.05) is 11.4 Å². The highest BCUT2D eigenvalue weighted by Gasteiger charge is 2.32. The fourth-order valence-electron chi connectivity index (χ4n) is 2.11. The highest BCUT2D eigenvalue weighted by molar-refractivity contribution is 7.10. The van der Waals surface area contributed by atoms with Crippen LogP contribution in [0.25, 0.3) is 0 Å². The van der Waals surface area contributed by atoms with E-state index < -0.39 is 12.0 Å². The van der Waals surface area contributed by atoms with E-state index in [0.717, 1.165) is 13.1 Å². The Morgan fingerprint density at radius 2 is 2.56 bits per heavy atom. The molecule has 88 valence electrons. The summed E-state index contributed by atoms with van der Waals surface area (Å²) in [4.78, 5) is 14.5. The zero-order chi connectivity index (χ0) is 11.5. The lowest BCUT2D eigenvalue weighted by Gasteiger charge is -2.37. The summed E-state index contributed by atoms with van der Waals surface area (Å²) in [5.74, 6) is -0.740. The quantitative estimate of drug-likeness (QED) is 0.832. The number of carboxylic acid groups (broad SMARTS) is 1. The van der Waals surface area contributed by atoms with Gasteiger partial charge in [-0.15, -0.1) is 11.3 Å². The van der Waals surface area contributed by atoms with Gasteiger partial charge in [-0.1, -0.05) is 6.07 Å². The molecule has 16 heavy (non-hydrogen) atoms. The molecule has 2 rings (SSSR count). The van der Waals surface area contributed by atoms with E-state index in [9.17, 15) is 9.90 Å². The molecule has 0 unspecified atom stereocenters. The number of carbonyl (C=O) groups is 1. The SMILES string of the molecule is C[C@H](c1cccs1)N1CCNC[C@@H]1C(=O)O. The van der Waals surface area contributed by atoms with Crippen molar-refractivity contribution in [3.8, 4) is 0 Å². The van der Waals surface area contributed by atoms with Crippen LogP contribution in [-0.4, -0.2) is 41.7 Å². The second kappa shape index (κ2) is 4.95. The van der Waals surface area contributed by atoms with Gasteiger partial charge in [-0.2, -0.15) is 0 Å². The van der Waals surface area contributed by atoms with Crippen LogP contribution < -0.4 is 5.32 Å². The van der Waals surface area contributed by atoms with E-state index in [-0.39, 0.29) is 6.04 Å². The van der Waals surface area contributed by atoms with Gasteiger partial charge in [0, 0.05) is 30.6 Å². The minimum atomic E-state index is -0.740. The number of rotatable bonds is 3. The average molecular weight is 240 g/mol. The molecule has 5 heteroatoms. The van der Waals surface area contributed by atoms with Crippen LogP contribution in [0.3, 0.4) is 0 Å². The molecule has 0 bridgehead atoms. The van der Waals surface area contributed by atoms with E-state index in [2.05, 4.69) is 23.2 Å². The molecule has 1 aromatic rings. The summed E-state index contributed by atoms with van der Waals surface area (Å²) in [6.45, 7) is 4.26. The van der Waals surface area contributed by atoms with E-state index in [4.69, 9.17) is 0 Å². The molecule has 0 amide bonds. The van der Waals surface area contributed by atoms with Gasteiger partial charge in [0.05, 0.1) is 0 Å². The summed E-state index contributed by atoms with van der Waals surface area (Å²) < 4.78 is 0. The minimum Gasteiger partial charge on any atom is -0.480 e. The standard InChI is InChI=1S/C11H16N2O2S/c1-8(10-3-2-6-16-10)13-5-4-12-7-9(13)11(14)15/h2-3,6,8-9,12H,4-5,7H2,1H3,(H,14,15)/t8-,9-/m1/s1. The zero-order valence-corrected chi connectivity index (χ0v) is 10.0. The largest absolute Gasteiger partial charge is 0.480 e. The van der Waals surface area contributed by atoms with Gasteiger partial charge in [-0.05, 0) is 18.4 Å². The molecule has 1 aliphatic rings. The van der Waals surface area contributed by atoms with Crippen LogP contribution in [0.2, 0.25) is 0 Å². The first-order valence-corrected chi connectivity index (χ1v) is 6.31. The lowest BCUT2D eigenvalue weighted by Crippen LogP contribution is -2.55. The summed E-state index contributed by atoms with van der Waals surface area (Å²) >= 11 is 1.68. The molecule has 1 saturated heterocycles. The van der Waals surface area contributed by atoms with Gasteiger partial charge in [-0.25, -0.2) is 0 Å². The number of thiophene rings is 1. The monoisotopic (exact) mass is 240 g/mol. The normalized spacial score (nSPS) is 24.2. The van der Waals surface area contributed by atoms with E-state index in [1.54, 1.807) is 11.3 Å². The van der Waals surface area contributed by atoms with Gasteiger partial charge in [0.1, 0.15) is 6.04 Å². The third kappa shape index (κ3) is 2.26. The molecule has 2 atom stereocenters. The van der Waals surface area contributed by atoms with Crippen molar-refractivity contribution in [2.45, 2.75) is 19.0 Å². The summed E-state index contributed by atoms with van der Waals surface area (Å²) in [6.07, 6.45) is 0. The first-order valence-electron chi connectivity index (χ1n) is 5.43. The predicted octanol–water partition coefficient (Wildman–Crippen LogP) is 1.17. The Balaban J connectivity index is 2.14. The lowest BCUT2D eigenvalue weighted by molar-refractivity contribution is -0.145. The molecule has 1 aromatic heterocycles. The van der Waals surface area contributed by atoms with Gasteiger partial charge >= 0.3 is 5.97 Å². The van der Waals surface area contributed by atoms with Gasteiger partial charge in [0.15, 0.2) is 0 Å². The molecule has 0 aromatic carbocycles. The Morgan fingerprint density at radius 3 is 3.19 bits per heavy atom. The Kier molecular flexibility index (Phi) is 3.58. The first kappa shape index (κ1) is 11.6. The third-order valence-corrected chi connectivity index (χ3v) is 4.06. The molecule has 1 aliphatic heterocycles. The predicted molar refractivity (Wildman–Crippen MR) is 63.7 cm³/mol. The molecule has 2 N–H and O–H groups in total. The van der Waals surface area contributed by atoms with Crippen LogP contribution in [-0.2, 0) is 4.79 Å². The van der Waals surface area contributed by atoms with Crippen LogP contribution >= 0.6 is 11.3 Å². The van der Waals surface area contributed by atoms with Gasteiger partial charge < -0.3 is 10.4 Å². The number of nitrogens with one attached hydrogen (secondary N) is 1. The van der Waals surface area contributed by atoms with Crippen molar-refractivity contribution in [1.29, 1.82) is 0 Å². The third-order valence-electron chi connectivity index (χ3n) is 3.02. The van der Waals surface area contributed by atoms with Crippen LogP contribution in [0.4, 0.5) is 0 Å². The molecule has 1 fully saturated rings. The molecular weight excluding hydrogens is 224 g/mol. The number of hydrogen-bond donors (Lipinski definition) is 2. The van der Waals surface area contributed by atoms with Gasteiger partial charge in [-0.3, -0.25) is 9.69 Å². The second-order valence-corrected chi connectivity index (χ2v) is 4.97. The Bertz CT molecular complexity index is 353. The van der Waals surface area contributed by atoms with E-state index >= 15 is 0 Å². The zero-order valence-electron chi connectivity index (χ0n) is 9.22. The second-order valence-electron chi connectivity index (χ2n) is 3.99. The van der Waals surface area contributed by atoms with Crippen molar-refractivity contribution in [3.05, 3.63) is 22.4 Å². The van der Waals surface area contributed by atoms with Crippen molar-refractivity contribution in [3.63, 3.8) is 0 Å². The Hall–Kier alpha value is -0.910. The molecule has 0 aliphatic carbocycles. The summed E-state index contributed by atoms with van der Waals surface area (Å²) in [5.41, 5.74) is 0. The van der Waals surface area contributed by atoms with Crippen LogP contribution in [0.1, 0.15) is 17.8 Å². The maximum Gasteiger partial charge on any atom is 0.322 e. The van der Waals surface area contributed by atoms with Crippen molar-refractivity contribution in [2.24, 2.45) is 0 Å². The Labute approximate surface area is 98.9 Å². The summed E-state index contributed by atoms with van der Waals surface area (Å²) in [5, 5.41) is 14.3. The molecule has 0 saturated carbocycles. The molecule has 4 nitrogen and oxygen atoms in total. The number of aliphatic carboxylic acids is 1. The lowest BCUT2D eigenvalue weighted by atomic mass is 10.1. The van der Waals surface area contributed by atoms with Crippen molar-refractivity contribution in [2.75, 3.05) is 19.6 Å². The topological polar surface area (TPSA) is 52.6 Å². The van der Waals surface area contributed by atoms with Crippen LogP contribution in [0, 0.1) is 0 Å². The fourth-order valence-corrected chi connectivity index (χ4v) is 2.91. The highest BCUT2D eigenvalue weighted by Crippen LogP contribution is 2.26. The van der Waals surface area contributed by atoms with E-state index in [1.165, 1.54) is 4.88 Å².